The van der Waals surface area contributed by atoms with E-state index in [1.807, 2.05) is 79.5 Å². The molecule has 104 heavy (non-hydrogen) atoms. The van der Waals surface area contributed by atoms with Gasteiger partial charge in [0.05, 0.1) is 40.4 Å². The number of carbonyl (C=O) groups is 6. The molecule has 0 spiro atoms. The second kappa shape index (κ2) is 32.5. The second-order valence-corrected chi connectivity index (χ2v) is 28.8. The van der Waals surface area contributed by atoms with E-state index < -0.39 is 71.5 Å². The zero-order chi connectivity index (χ0) is 75.2. The summed E-state index contributed by atoms with van der Waals surface area (Å²) >= 11 is 3.45. The normalized spacial score (nSPS) is 15.1. The van der Waals surface area contributed by atoms with Gasteiger partial charge in [0, 0.05) is 79.1 Å². The number of aliphatic hydroxyl groups is 1. The van der Waals surface area contributed by atoms with Crippen LogP contribution in [0.3, 0.4) is 0 Å². The summed E-state index contributed by atoms with van der Waals surface area (Å²) in [6.07, 6.45) is 0.734. The highest BCUT2D eigenvalue weighted by molar-refractivity contribution is 9.10. The number of Topliss-reactive ketones (excluding diaryl/α,β-unsaturated/α-hetero) is 3. The molecule has 1 amide bonds. The zero-order valence-corrected chi connectivity index (χ0v) is 62.8. The van der Waals surface area contributed by atoms with Crippen molar-refractivity contribution in [2.24, 2.45) is 0 Å². The summed E-state index contributed by atoms with van der Waals surface area (Å²) in [5.41, 5.74) is 11.0. The van der Waals surface area contributed by atoms with E-state index in [2.05, 4.69) is 128 Å². The van der Waals surface area contributed by atoms with Gasteiger partial charge in [0.15, 0.2) is 17.3 Å². The second-order valence-electron chi connectivity index (χ2n) is 27.9. The summed E-state index contributed by atoms with van der Waals surface area (Å²) in [7, 11) is -0.489. The fourth-order valence-electron chi connectivity index (χ4n) is 12.7. The number of esters is 1. The lowest BCUT2D eigenvalue weighted by atomic mass is 9.78. The lowest BCUT2D eigenvalue weighted by molar-refractivity contribution is -0.137. The molecule has 21 nitrogen and oxygen atoms in total. The van der Waals surface area contributed by atoms with Gasteiger partial charge in [0.25, 0.3) is 17.5 Å². The summed E-state index contributed by atoms with van der Waals surface area (Å²) in [5.74, 6) is -5.83. The Morgan fingerprint density at radius 3 is 1.49 bits per heavy atom. The quantitative estimate of drug-likeness (QED) is 0.0312. The SMILES string of the molecule is CCOC(=O)C(=O)c1ccc(B2OC(C)(C)C(C)(C)O2)cc1.Cc1c2ccc(-c3ccc(C(=O)C(=O)N[C@H](CN4CCCC4)[C@H](O)c4cc(F)c5c(c4)OCCO5)cc3)cc2nn1C(C)C.Cc1c2ccc(-c3ccc(C(=O)C(=O)O)cc3)cc2nn1C(C)C.Cc1c2ccc(Br)cc2nn1C(C)C. The number of rotatable bonds is 18. The van der Waals surface area contributed by atoms with E-state index in [0.29, 0.717) is 24.2 Å². The molecule has 3 aliphatic heterocycles. The molecule has 24 heteroatoms. The maximum atomic E-state index is 14.8. The fourth-order valence-corrected chi connectivity index (χ4v) is 13.1. The van der Waals surface area contributed by atoms with Gasteiger partial charge in [-0.25, -0.2) is 14.0 Å². The molecule has 2 fully saturated rings. The molecule has 3 aromatic heterocycles. The van der Waals surface area contributed by atoms with Gasteiger partial charge in [-0.2, -0.15) is 15.3 Å². The number of halogens is 2. The van der Waals surface area contributed by atoms with Crippen LogP contribution in [0.1, 0.15) is 167 Å². The van der Waals surface area contributed by atoms with Gasteiger partial charge in [0.1, 0.15) is 19.3 Å². The van der Waals surface area contributed by atoms with E-state index in [9.17, 15) is 38.3 Å². The van der Waals surface area contributed by atoms with Gasteiger partial charge in [-0.15, -0.1) is 0 Å². The van der Waals surface area contributed by atoms with E-state index >= 15 is 0 Å². The number of hydrogen-bond acceptors (Lipinski definition) is 16. The number of carboxylic acids is 1. The predicted octanol–water partition coefficient (Wildman–Crippen LogP) is 14.3. The number of nitrogens with one attached hydrogen (secondary N) is 1. The number of benzene rings is 7. The molecule has 0 saturated carbocycles. The van der Waals surface area contributed by atoms with Crippen LogP contribution in [0.4, 0.5) is 4.39 Å². The van der Waals surface area contributed by atoms with Crippen LogP contribution < -0.4 is 20.3 Å². The number of aliphatic carboxylic acids is 1. The summed E-state index contributed by atoms with van der Waals surface area (Å²) in [6.45, 7) is 31.1. The number of carboxylic acid groups (broad SMARTS) is 1. The maximum absolute atomic E-state index is 14.8. The van der Waals surface area contributed by atoms with E-state index in [1.54, 1.807) is 55.5 Å². The summed E-state index contributed by atoms with van der Waals surface area (Å²) in [6, 6.07) is 41.3. The van der Waals surface area contributed by atoms with Gasteiger partial charge < -0.3 is 43.9 Å². The lowest BCUT2D eigenvalue weighted by Gasteiger charge is -2.32. The van der Waals surface area contributed by atoms with Gasteiger partial charge in [-0.05, 0) is 199 Å². The molecule has 2 saturated heterocycles. The van der Waals surface area contributed by atoms with Crippen molar-refractivity contribution in [2.45, 2.75) is 151 Å². The molecule has 0 radical (unpaired) electrons. The topological polar surface area (TPSA) is 258 Å². The van der Waals surface area contributed by atoms with E-state index in [-0.39, 0.29) is 54.1 Å². The highest BCUT2D eigenvalue weighted by Gasteiger charge is 2.51. The maximum Gasteiger partial charge on any atom is 0.494 e. The smallest absolute Gasteiger partial charge is 0.486 e. The number of fused-ring (bicyclic) bond motifs is 4. The van der Waals surface area contributed by atoms with Crippen molar-refractivity contribution < 1.29 is 66.9 Å². The predicted molar refractivity (Wildman–Crippen MR) is 403 cm³/mol. The van der Waals surface area contributed by atoms with Crippen LogP contribution in [0, 0.1) is 26.6 Å². The average molecular weight is 1480 g/mol. The first kappa shape index (κ1) is 76.9. The molecule has 0 bridgehead atoms. The van der Waals surface area contributed by atoms with Gasteiger partial charge in [-0.1, -0.05) is 113 Å². The molecule has 544 valence electrons. The Labute approximate surface area is 613 Å². The summed E-state index contributed by atoms with van der Waals surface area (Å²) in [5, 5.41) is 40.2. The van der Waals surface area contributed by atoms with Gasteiger partial charge in [0.2, 0.25) is 5.78 Å². The lowest BCUT2D eigenvalue weighted by Crippen LogP contribution is -2.48. The molecule has 2 atom stereocenters. The first-order valence-electron chi connectivity index (χ1n) is 35.0. The van der Waals surface area contributed by atoms with Crippen LogP contribution in [0.15, 0.2) is 144 Å². The number of amides is 1. The minimum absolute atomic E-state index is 0.00575. The Balaban J connectivity index is 0.000000163. The zero-order valence-electron chi connectivity index (χ0n) is 61.2. The molecular formula is C80H89BBrFN8O13. The number of carbonyl (C=O) groups excluding carboxylic acids is 5. The number of likely N-dealkylation sites (tertiary alicyclic amines) is 1. The minimum atomic E-state index is -1.45. The Kier molecular flexibility index (Phi) is 24.1. The Morgan fingerprint density at radius 2 is 1.02 bits per heavy atom. The van der Waals surface area contributed by atoms with Crippen molar-refractivity contribution in [1.82, 2.24) is 39.6 Å². The summed E-state index contributed by atoms with van der Waals surface area (Å²) in [4.78, 5) is 74.0. The molecule has 3 aliphatic rings. The molecule has 6 heterocycles. The van der Waals surface area contributed by atoms with Crippen molar-refractivity contribution in [3.63, 3.8) is 0 Å². The number of nitrogens with zero attached hydrogens (tertiary/aromatic N) is 7. The number of ketones is 3. The Bertz CT molecular complexity index is 4810. The average Bonchev–Trinajstić information content (AvgIpc) is 1.58. The highest BCUT2D eigenvalue weighted by Crippen LogP contribution is 2.39. The van der Waals surface area contributed by atoms with Crippen LogP contribution in [-0.4, -0.2) is 143 Å². The Hall–Kier alpha value is -9.72. The van der Waals surface area contributed by atoms with Crippen molar-refractivity contribution in [3.8, 4) is 33.8 Å². The molecule has 7 aromatic carbocycles. The molecular weight excluding hydrogens is 1390 g/mol. The van der Waals surface area contributed by atoms with Crippen molar-refractivity contribution in [1.29, 1.82) is 0 Å². The standard InChI is InChI=1S/C34H37FN4O5.C19H18N2O3.C16H21BO5.C11H13BrN2/c1-20(2)39-21(3)26-11-10-24(17-28(26)37-39)22-6-8-23(9-7-22)32(41)34(42)36-29(19-38-12-4-5-13-38)31(40)25-16-27(35)33-30(18-25)43-14-15-44-33;1-11(2)21-12(3)16-9-8-15(10-17(16)20-21)13-4-6-14(7-5-13)18(22)19(23)24;1-6-20-14(19)13(18)11-7-9-12(10-8-11)17-21-15(2,3)16(4,5)22-17;1-7(2)14-8(3)10-5-4-9(12)6-11(10)13-14/h6-11,16-18,20,29,31,40H,4-5,12-15,19H2,1-3H3,(H,36,42);4-11H,1-3H3,(H,23,24);7-10H,6H2,1-5H3;4-7H,1-3H3/t29-,31-;;;/m1.../s1. The molecule has 10 aromatic rings. The first-order chi connectivity index (χ1) is 49.3. The molecule has 13 rings (SSSR count). The van der Waals surface area contributed by atoms with Crippen molar-refractivity contribution >= 4 is 96.4 Å². The number of hydrogen-bond donors (Lipinski definition) is 3. The third kappa shape index (κ3) is 17.2. The monoisotopic (exact) mass is 1480 g/mol. The van der Waals surface area contributed by atoms with Crippen molar-refractivity contribution in [2.75, 3.05) is 39.5 Å². The number of aromatic nitrogens is 6. The third-order valence-corrected chi connectivity index (χ3v) is 19.6. The third-order valence-electron chi connectivity index (χ3n) is 19.1. The summed E-state index contributed by atoms with van der Waals surface area (Å²) < 4.78 is 49.4. The fraction of sp³-hybridized carbons (Fsp3) is 0.362. The molecule has 3 N–H and O–H groups in total. The molecule has 0 unspecified atom stereocenters. The first-order valence-corrected chi connectivity index (χ1v) is 35.8. The molecule has 0 aliphatic carbocycles. The van der Waals surface area contributed by atoms with Crippen LogP contribution in [0.5, 0.6) is 11.5 Å². The van der Waals surface area contributed by atoms with Crippen LogP contribution >= 0.6 is 15.9 Å². The van der Waals surface area contributed by atoms with Gasteiger partial charge in [-0.3, -0.25) is 33.2 Å². The number of ether oxygens (including phenoxy) is 3. The van der Waals surface area contributed by atoms with Crippen LogP contribution in [0.2, 0.25) is 0 Å². The van der Waals surface area contributed by atoms with E-state index in [4.69, 9.17) is 33.7 Å². The van der Waals surface area contributed by atoms with E-state index in [0.717, 1.165) is 96.8 Å². The number of aliphatic hydroxyl groups excluding tert-OH is 1. The van der Waals surface area contributed by atoms with Crippen LogP contribution in [0.25, 0.3) is 55.0 Å². The van der Waals surface area contributed by atoms with Crippen molar-refractivity contribution in [3.05, 3.63) is 189 Å². The highest BCUT2D eigenvalue weighted by atomic mass is 79.9. The number of aryl methyl sites for hydroxylation is 3. The Morgan fingerprint density at radius 1 is 0.587 bits per heavy atom. The largest absolute Gasteiger partial charge is 0.494 e. The van der Waals surface area contributed by atoms with Gasteiger partial charge >= 0.3 is 19.1 Å². The van der Waals surface area contributed by atoms with E-state index in [1.165, 1.54) is 35.3 Å². The van der Waals surface area contributed by atoms with Crippen LogP contribution in [-0.2, 0) is 28.4 Å². The minimum Gasteiger partial charge on any atom is -0.486 e.